The zero-order chi connectivity index (χ0) is 45.5. The summed E-state index contributed by atoms with van der Waals surface area (Å²) >= 11 is 0. The SMILES string of the molecule is CC(=O)N[C@@H](CCCN)C(=O)NC(=O)[C@H](C)NC(=O)[C@H](CCN=C(N)N)NCCN1CCN(C(=O)CC2CCN(CC(=O)N3c4ccccc4NC(=O)c4ccccc43)CC2)CC1. The largest absolute Gasteiger partial charge is 0.370 e. The number of nitrogens with zero attached hydrogens (tertiary/aromatic N) is 5. The minimum absolute atomic E-state index is 0.117. The Kier molecular flexibility index (Phi) is 17.9. The van der Waals surface area contributed by atoms with Crippen LogP contribution in [0.15, 0.2) is 53.5 Å². The second-order valence-electron chi connectivity index (χ2n) is 16.2. The Hall–Kier alpha value is -5.96. The number of hydrogen-bond donors (Lipinski definition) is 8. The second kappa shape index (κ2) is 23.5. The van der Waals surface area contributed by atoms with Gasteiger partial charge in [-0.15, -0.1) is 0 Å². The number of benzene rings is 2. The first-order valence-electron chi connectivity index (χ1n) is 21.7. The summed E-state index contributed by atoms with van der Waals surface area (Å²) in [5.74, 6) is -2.50. The van der Waals surface area contributed by atoms with Crippen LogP contribution in [0, 0.1) is 5.92 Å². The topological polar surface area (TPSA) is 283 Å². The van der Waals surface area contributed by atoms with Crippen molar-refractivity contribution < 1.29 is 33.6 Å². The van der Waals surface area contributed by atoms with E-state index >= 15 is 0 Å². The van der Waals surface area contributed by atoms with E-state index in [1.807, 2.05) is 29.2 Å². The molecule has 11 N–H and O–H groups in total. The van der Waals surface area contributed by atoms with Crippen LogP contribution in [0.5, 0.6) is 0 Å². The number of hydrogen-bond acceptors (Lipinski definition) is 12. The van der Waals surface area contributed by atoms with Crippen molar-refractivity contribution in [2.24, 2.45) is 28.1 Å². The van der Waals surface area contributed by atoms with Gasteiger partial charge < -0.3 is 43.4 Å². The Labute approximate surface area is 368 Å². The normalized spacial score (nSPS) is 17.2. The molecule has 3 aliphatic rings. The molecule has 5 rings (SSSR count). The quantitative estimate of drug-likeness (QED) is 0.0634. The molecule has 20 nitrogen and oxygen atoms in total. The standard InChI is InChI=1S/C43H63N13O7/c1-28(39(60)52-42(63)34(10-7-16-44)50-29(2)57)49-41(62)33(13-17-48-43(45)46)47-18-21-53-22-24-55(25-23-53)37(58)26-30-14-19-54(20-15-30)27-38(59)56-35-11-5-3-8-31(35)40(61)51-32-9-4-6-12-36(32)56/h3-6,8-9,11-12,28,30,33-34,47H,7,10,13-27,44H2,1-2H3,(H,49,62)(H,50,57)(H,51,61)(H4,45,46,48)(H,52,60,63)/t28-,33-,34-/m0/s1. The molecule has 63 heavy (non-hydrogen) atoms. The van der Waals surface area contributed by atoms with Crippen LogP contribution in [0.2, 0.25) is 0 Å². The number of carbonyl (C=O) groups excluding carboxylic acids is 7. The number of para-hydroxylation sites is 3. The van der Waals surface area contributed by atoms with Crippen molar-refractivity contribution in [3.8, 4) is 0 Å². The minimum Gasteiger partial charge on any atom is -0.370 e. The third kappa shape index (κ3) is 14.0. The summed E-state index contributed by atoms with van der Waals surface area (Å²) in [7, 11) is 0. The zero-order valence-corrected chi connectivity index (χ0v) is 36.3. The van der Waals surface area contributed by atoms with Crippen molar-refractivity contribution in [2.75, 3.05) is 82.2 Å². The highest BCUT2D eigenvalue weighted by Crippen LogP contribution is 2.38. The summed E-state index contributed by atoms with van der Waals surface area (Å²) in [5.41, 5.74) is 18.7. The zero-order valence-electron chi connectivity index (χ0n) is 36.3. The number of carbonyl (C=O) groups is 7. The average Bonchev–Trinajstić information content (AvgIpc) is 3.38. The van der Waals surface area contributed by atoms with Crippen LogP contribution in [-0.4, -0.2) is 152 Å². The van der Waals surface area contributed by atoms with E-state index in [0.29, 0.717) is 94.4 Å². The summed E-state index contributed by atoms with van der Waals surface area (Å²) in [6, 6.07) is 11.6. The van der Waals surface area contributed by atoms with Crippen LogP contribution >= 0.6 is 0 Å². The Morgan fingerprint density at radius 3 is 2.17 bits per heavy atom. The maximum atomic E-state index is 13.9. The number of piperazine rings is 1. The molecular weight excluding hydrogens is 811 g/mol. The Bertz CT molecular complexity index is 1980. The smallest absolute Gasteiger partial charge is 0.257 e. The van der Waals surface area contributed by atoms with E-state index in [-0.39, 0.29) is 55.5 Å². The number of fused-ring (bicyclic) bond motifs is 2. The first-order chi connectivity index (χ1) is 30.2. The fourth-order valence-electron chi connectivity index (χ4n) is 8.01. The van der Waals surface area contributed by atoms with Crippen molar-refractivity contribution in [1.82, 2.24) is 36.0 Å². The van der Waals surface area contributed by atoms with Crippen LogP contribution in [0.25, 0.3) is 0 Å². The van der Waals surface area contributed by atoms with Gasteiger partial charge in [0.1, 0.15) is 12.1 Å². The van der Waals surface area contributed by atoms with Crippen LogP contribution in [0.3, 0.4) is 0 Å². The van der Waals surface area contributed by atoms with Crippen molar-refractivity contribution in [2.45, 2.75) is 70.5 Å². The summed E-state index contributed by atoms with van der Waals surface area (Å²) in [4.78, 5) is 103. The fourth-order valence-corrected chi connectivity index (χ4v) is 8.01. The predicted octanol–water partition coefficient (Wildman–Crippen LogP) is -0.824. The lowest BCUT2D eigenvalue weighted by molar-refractivity contribution is -0.136. The molecule has 3 aliphatic heterocycles. The van der Waals surface area contributed by atoms with Gasteiger partial charge in [0, 0.05) is 59.2 Å². The van der Waals surface area contributed by atoms with Gasteiger partial charge in [-0.1, -0.05) is 24.3 Å². The fraction of sp³-hybridized carbons (Fsp3) is 0.535. The van der Waals surface area contributed by atoms with Crippen molar-refractivity contribution in [1.29, 1.82) is 0 Å². The lowest BCUT2D eigenvalue weighted by atomic mass is 9.93. The van der Waals surface area contributed by atoms with Gasteiger partial charge in [-0.3, -0.25) is 58.6 Å². The Morgan fingerprint density at radius 2 is 1.49 bits per heavy atom. The van der Waals surface area contributed by atoms with E-state index in [9.17, 15) is 33.6 Å². The molecule has 0 bridgehead atoms. The number of nitrogens with two attached hydrogens (primary N) is 3. The minimum atomic E-state index is -1.07. The molecule has 7 amide bonds. The van der Waals surface area contributed by atoms with Gasteiger partial charge in [0.2, 0.25) is 35.4 Å². The number of amides is 7. The number of rotatable bonds is 19. The second-order valence-corrected chi connectivity index (χ2v) is 16.2. The third-order valence-electron chi connectivity index (χ3n) is 11.5. The maximum Gasteiger partial charge on any atom is 0.257 e. The third-order valence-corrected chi connectivity index (χ3v) is 11.5. The molecule has 20 heteroatoms. The highest BCUT2D eigenvalue weighted by molar-refractivity contribution is 6.18. The molecule has 0 radical (unpaired) electrons. The van der Waals surface area contributed by atoms with E-state index in [0.717, 1.165) is 12.8 Å². The first kappa shape index (κ1) is 48.1. The summed E-state index contributed by atoms with van der Waals surface area (Å²) in [5, 5.41) is 13.6. The average molecular weight is 874 g/mol. The maximum absolute atomic E-state index is 13.9. The van der Waals surface area contributed by atoms with Gasteiger partial charge in [-0.2, -0.15) is 0 Å². The van der Waals surface area contributed by atoms with Gasteiger partial charge >= 0.3 is 0 Å². The highest BCUT2D eigenvalue weighted by atomic mass is 16.2. The first-order valence-corrected chi connectivity index (χ1v) is 21.7. The summed E-state index contributed by atoms with van der Waals surface area (Å²) in [6.07, 6.45) is 2.99. The molecule has 3 atom stereocenters. The summed E-state index contributed by atoms with van der Waals surface area (Å²) < 4.78 is 0. The lowest BCUT2D eigenvalue weighted by Gasteiger charge is -2.37. The van der Waals surface area contributed by atoms with Crippen molar-refractivity contribution >= 4 is 64.4 Å². The van der Waals surface area contributed by atoms with Crippen LogP contribution in [0.1, 0.15) is 62.7 Å². The van der Waals surface area contributed by atoms with E-state index in [2.05, 4.69) is 41.4 Å². The van der Waals surface area contributed by atoms with Gasteiger partial charge in [-0.05, 0) is 88.8 Å². The molecule has 0 spiro atoms. The molecule has 0 saturated carbocycles. The molecule has 2 aromatic rings. The molecule has 0 unspecified atom stereocenters. The van der Waals surface area contributed by atoms with E-state index in [1.54, 1.807) is 29.2 Å². The number of guanidine groups is 1. The molecule has 2 saturated heterocycles. The molecule has 2 fully saturated rings. The monoisotopic (exact) mass is 873 g/mol. The number of piperidine rings is 1. The number of imide groups is 1. The molecule has 0 aromatic heterocycles. The van der Waals surface area contributed by atoms with Crippen LogP contribution in [0.4, 0.5) is 17.1 Å². The van der Waals surface area contributed by atoms with E-state index in [4.69, 9.17) is 17.2 Å². The lowest BCUT2D eigenvalue weighted by Crippen LogP contribution is -2.56. The number of aliphatic imine (C=N–C) groups is 1. The molecular formula is C43H63N13O7. The molecule has 342 valence electrons. The highest BCUT2D eigenvalue weighted by Gasteiger charge is 2.32. The van der Waals surface area contributed by atoms with Crippen LogP contribution < -0.4 is 48.7 Å². The molecule has 2 aromatic carbocycles. The van der Waals surface area contributed by atoms with E-state index in [1.165, 1.54) is 13.8 Å². The Morgan fingerprint density at radius 1 is 0.810 bits per heavy atom. The Balaban J connectivity index is 1.03. The van der Waals surface area contributed by atoms with E-state index < -0.39 is 41.8 Å². The predicted molar refractivity (Wildman–Crippen MR) is 239 cm³/mol. The van der Waals surface area contributed by atoms with Gasteiger partial charge in [-0.25, -0.2) is 0 Å². The molecule has 3 heterocycles. The number of anilines is 3. The summed E-state index contributed by atoms with van der Waals surface area (Å²) in [6.45, 7) is 8.27. The molecule has 0 aliphatic carbocycles. The van der Waals surface area contributed by atoms with Gasteiger partial charge in [0.25, 0.3) is 5.91 Å². The van der Waals surface area contributed by atoms with Gasteiger partial charge in [0.05, 0.1) is 35.2 Å². The van der Waals surface area contributed by atoms with Gasteiger partial charge in [0.15, 0.2) is 5.96 Å². The number of nitrogens with one attached hydrogen (secondary N) is 5. The number of likely N-dealkylation sites (tertiary alicyclic amines) is 1. The van der Waals surface area contributed by atoms with Crippen LogP contribution in [-0.2, 0) is 28.8 Å². The van der Waals surface area contributed by atoms with Crippen molar-refractivity contribution in [3.63, 3.8) is 0 Å². The van der Waals surface area contributed by atoms with Crippen molar-refractivity contribution in [3.05, 3.63) is 54.1 Å².